The molecule has 2 heterocycles. The maximum absolute atomic E-state index is 14.1. The lowest BCUT2D eigenvalue weighted by Gasteiger charge is -2.45. The van der Waals surface area contributed by atoms with Gasteiger partial charge in [0.15, 0.2) is 0 Å². The van der Waals surface area contributed by atoms with Gasteiger partial charge in [-0.3, -0.25) is 9.80 Å². The highest BCUT2D eigenvalue weighted by molar-refractivity contribution is 4.91. The first kappa shape index (κ1) is 12.3. The summed E-state index contributed by atoms with van der Waals surface area (Å²) in [5.41, 5.74) is 0. The number of ether oxygens (including phenoxy) is 1. The van der Waals surface area contributed by atoms with Crippen molar-refractivity contribution < 1.29 is 9.13 Å². The summed E-state index contributed by atoms with van der Waals surface area (Å²) in [7, 11) is 2.04. The van der Waals surface area contributed by atoms with Gasteiger partial charge >= 0.3 is 0 Å². The topological polar surface area (TPSA) is 15.7 Å². The summed E-state index contributed by atoms with van der Waals surface area (Å²) >= 11 is 0. The highest BCUT2D eigenvalue weighted by Gasteiger charge is 2.37. The third kappa shape index (κ3) is 2.39. The van der Waals surface area contributed by atoms with E-state index in [1.807, 2.05) is 7.05 Å². The first-order valence-corrected chi connectivity index (χ1v) is 6.27. The van der Waals surface area contributed by atoms with Crippen LogP contribution in [0.25, 0.3) is 0 Å². The monoisotopic (exact) mass is 230 g/mol. The third-order valence-corrected chi connectivity index (χ3v) is 3.99. The fourth-order valence-corrected chi connectivity index (χ4v) is 2.57. The number of likely N-dealkylation sites (N-methyl/N-ethyl adjacent to an activating group) is 1. The van der Waals surface area contributed by atoms with Crippen molar-refractivity contribution in [1.82, 2.24) is 9.80 Å². The van der Waals surface area contributed by atoms with Crippen molar-refractivity contribution in [3.8, 4) is 0 Å². The second-order valence-electron chi connectivity index (χ2n) is 5.32. The Kier molecular flexibility index (Phi) is 3.82. The molecule has 0 bridgehead atoms. The van der Waals surface area contributed by atoms with Crippen molar-refractivity contribution in [2.45, 2.75) is 44.6 Å². The Morgan fingerprint density at radius 2 is 2.06 bits per heavy atom. The van der Waals surface area contributed by atoms with Crippen LogP contribution in [0, 0.1) is 0 Å². The average molecular weight is 230 g/mol. The van der Waals surface area contributed by atoms with Crippen LogP contribution in [-0.4, -0.2) is 67.4 Å². The molecule has 2 rings (SSSR count). The number of likely N-dealkylation sites (tertiary alicyclic amines) is 1. The van der Waals surface area contributed by atoms with Crippen LogP contribution in [0.1, 0.15) is 20.3 Å². The molecule has 16 heavy (non-hydrogen) atoms. The molecular formula is C12H23FN2O. The molecule has 2 atom stereocenters. The van der Waals surface area contributed by atoms with E-state index in [0.717, 1.165) is 26.2 Å². The summed E-state index contributed by atoms with van der Waals surface area (Å²) in [4.78, 5) is 4.41. The van der Waals surface area contributed by atoms with Crippen LogP contribution in [0.15, 0.2) is 0 Å². The lowest BCUT2D eigenvalue weighted by molar-refractivity contribution is -0.0904. The number of rotatable bonds is 3. The van der Waals surface area contributed by atoms with E-state index >= 15 is 0 Å². The van der Waals surface area contributed by atoms with Crippen LogP contribution in [0.4, 0.5) is 4.39 Å². The van der Waals surface area contributed by atoms with Gasteiger partial charge in [0.05, 0.1) is 19.3 Å². The molecular weight excluding hydrogens is 207 g/mol. The molecule has 0 N–H and O–H groups in total. The van der Waals surface area contributed by atoms with Crippen LogP contribution >= 0.6 is 0 Å². The molecule has 3 nitrogen and oxygen atoms in total. The van der Waals surface area contributed by atoms with E-state index < -0.39 is 6.17 Å². The predicted octanol–water partition coefficient (Wildman–Crippen LogP) is 1.14. The molecule has 0 aromatic heterocycles. The second-order valence-corrected chi connectivity index (χ2v) is 5.32. The Balaban J connectivity index is 1.87. The third-order valence-electron chi connectivity index (χ3n) is 3.99. The van der Waals surface area contributed by atoms with Gasteiger partial charge in [-0.2, -0.15) is 0 Å². The molecule has 4 heteroatoms. The van der Waals surface area contributed by atoms with Gasteiger partial charge < -0.3 is 4.74 Å². The number of halogens is 1. The summed E-state index contributed by atoms with van der Waals surface area (Å²) < 4.78 is 19.3. The lowest BCUT2D eigenvalue weighted by Crippen LogP contribution is -2.59. The van der Waals surface area contributed by atoms with E-state index in [9.17, 15) is 4.39 Å². The summed E-state index contributed by atoms with van der Waals surface area (Å²) in [6.07, 6.45) is 0.216. The molecule has 1 unspecified atom stereocenters. The predicted molar refractivity (Wildman–Crippen MR) is 62.4 cm³/mol. The number of alkyl halides is 1. The summed E-state index contributed by atoms with van der Waals surface area (Å²) in [6, 6.07) is 0.981. The van der Waals surface area contributed by atoms with Crippen molar-refractivity contribution in [3.63, 3.8) is 0 Å². The highest BCUT2D eigenvalue weighted by atomic mass is 19.1. The van der Waals surface area contributed by atoms with Gasteiger partial charge in [-0.25, -0.2) is 4.39 Å². The van der Waals surface area contributed by atoms with Crippen LogP contribution in [0.3, 0.4) is 0 Å². The zero-order valence-corrected chi connectivity index (χ0v) is 10.5. The van der Waals surface area contributed by atoms with Crippen molar-refractivity contribution >= 4 is 0 Å². The average Bonchev–Trinajstić information content (AvgIpc) is 2.14. The number of piperidine rings is 1. The summed E-state index contributed by atoms with van der Waals surface area (Å²) in [5.74, 6) is 0. The first-order chi connectivity index (χ1) is 7.59. The van der Waals surface area contributed by atoms with Gasteiger partial charge in [-0.15, -0.1) is 0 Å². The highest BCUT2D eigenvalue weighted by Crippen LogP contribution is 2.23. The molecule has 0 aromatic rings. The maximum atomic E-state index is 14.1. The number of hydrogen-bond donors (Lipinski definition) is 0. The summed E-state index contributed by atoms with van der Waals surface area (Å²) in [6.45, 7) is 7.41. The molecule has 2 aliphatic heterocycles. The second kappa shape index (κ2) is 4.98. The van der Waals surface area contributed by atoms with E-state index in [1.54, 1.807) is 0 Å². The van der Waals surface area contributed by atoms with E-state index in [-0.39, 0.29) is 6.04 Å². The maximum Gasteiger partial charge on any atom is 0.128 e. The van der Waals surface area contributed by atoms with E-state index in [0.29, 0.717) is 18.6 Å². The Bertz CT molecular complexity index is 233. The van der Waals surface area contributed by atoms with Crippen LogP contribution in [0.2, 0.25) is 0 Å². The van der Waals surface area contributed by atoms with Gasteiger partial charge in [0, 0.05) is 25.2 Å². The lowest BCUT2D eigenvalue weighted by atomic mass is 9.98. The molecule has 2 saturated heterocycles. The largest absolute Gasteiger partial charge is 0.378 e. The molecule has 0 saturated carbocycles. The van der Waals surface area contributed by atoms with Crippen molar-refractivity contribution in [3.05, 3.63) is 0 Å². The Morgan fingerprint density at radius 3 is 2.50 bits per heavy atom. The van der Waals surface area contributed by atoms with Crippen molar-refractivity contribution in [2.75, 3.05) is 33.4 Å². The molecule has 0 aliphatic carbocycles. The standard InChI is InChI=1S/C12H23FN2O/c1-9(2)15-5-4-12(11(13)6-15)14(3)10-7-16-8-10/h9-12H,4-8H2,1-3H3/t11-,12?/m0/s1. The van der Waals surface area contributed by atoms with E-state index in [4.69, 9.17) is 4.74 Å². The molecule has 94 valence electrons. The molecule has 0 aromatic carbocycles. The molecule has 2 aliphatic rings. The molecule has 0 amide bonds. The van der Waals surface area contributed by atoms with E-state index in [1.165, 1.54) is 0 Å². The van der Waals surface area contributed by atoms with Gasteiger partial charge in [-0.1, -0.05) is 0 Å². The molecule has 0 spiro atoms. The SMILES string of the molecule is CC(C)N1CCC(N(C)C2COC2)[C@@H](F)C1. The van der Waals surface area contributed by atoms with Gasteiger partial charge in [-0.05, 0) is 27.3 Å². The van der Waals surface area contributed by atoms with E-state index in [2.05, 4.69) is 23.6 Å². The Hall–Kier alpha value is -0.190. The van der Waals surface area contributed by atoms with Crippen LogP contribution in [0.5, 0.6) is 0 Å². The van der Waals surface area contributed by atoms with Crippen LogP contribution < -0.4 is 0 Å². The number of nitrogens with zero attached hydrogens (tertiary/aromatic N) is 2. The minimum absolute atomic E-state index is 0.0869. The summed E-state index contributed by atoms with van der Waals surface area (Å²) in [5, 5.41) is 0. The van der Waals surface area contributed by atoms with Gasteiger partial charge in [0.1, 0.15) is 6.17 Å². The Labute approximate surface area is 97.5 Å². The first-order valence-electron chi connectivity index (χ1n) is 6.27. The molecule has 2 fully saturated rings. The fourth-order valence-electron chi connectivity index (χ4n) is 2.57. The Morgan fingerprint density at radius 1 is 1.38 bits per heavy atom. The van der Waals surface area contributed by atoms with Crippen molar-refractivity contribution in [1.29, 1.82) is 0 Å². The zero-order valence-electron chi connectivity index (χ0n) is 10.5. The number of hydrogen-bond acceptors (Lipinski definition) is 3. The quantitative estimate of drug-likeness (QED) is 0.723. The zero-order chi connectivity index (χ0) is 11.7. The van der Waals surface area contributed by atoms with Gasteiger partial charge in [0.2, 0.25) is 0 Å². The minimum atomic E-state index is -0.721. The minimum Gasteiger partial charge on any atom is -0.378 e. The van der Waals surface area contributed by atoms with Crippen molar-refractivity contribution in [2.24, 2.45) is 0 Å². The smallest absolute Gasteiger partial charge is 0.128 e. The fraction of sp³-hybridized carbons (Fsp3) is 1.00. The van der Waals surface area contributed by atoms with Crippen LogP contribution in [-0.2, 0) is 4.74 Å². The van der Waals surface area contributed by atoms with Gasteiger partial charge in [0.25, 0.3) is 0 Å². The molecule has 0 radical (unpaired) electrons. The normalized spacial score (nSPS) is 33.4.